The molecule has 0 saturated carbocycles. The van der Waals surface area contributed by atoms with Crippen LogP contribution in [0, 0.1) is 0 Å². The Morgan fingerprint density at radius 2 is 1.00 bits per heavy atom. The third kappa shape index (κ3) is 7.23. The molecule has 5 aromatic rings. The molecule has 0 fully saturated rings. The Labute approximate surface area is 228 Å². The van der Waals surface area contributed by atoms with Gasteiger partial charge in [-0.2, -0.15) is 0 Å². The molecule has 5 aromatic carbocycles. The van der Waals surface area contributed by atoms with Gasteiger partial charge in [-0.3, -0.25) is 0 Å². The maximum atomic E-state index is 10.8. The molecule has 0 aliphatic heterocycles. The summed E-state index contributed by atoms with van der Waals surface area (Å²) in [6, 6.07) is 32.1. The van der Waals surface area contributed by atoms with E-state index in [0.717, 1.165) is 31.8 Å². The first kappa shape index (κ1) is 27.4. The first-order valence-corrected chi connectivity index (χ1v) is 13.1. The van der Waals surface area contributed by atoms with Crippen LogP contribution in [0.2, 0.25) is 0 Å². The number of fused-ring (bicyclic) bond motifs is 6. The molecule has 1 radical (unpaired) electrons. The smallest absolute Gasteiger partial charge is 0.386 e. The molecule has 0 N–H and O–H groups in total. The molecule has 5 nitrogen and oxygen atoms in total. The maximum absolute atomic E-state index is 10.8. The maximum Gasteiger partial charge on any atom is 0.386 e. The second-order valence-corrected chi connectivity index (χ2v) is 9.08. The molecule has 0 aromatic heterocycles. The molecule has 39 heavy (non-hydrogen) atoms. The van der Waals surface area contributed by atoms with Crippen molar-refractivity contribution < 1.29 is 24.2 Å². The van der Waals surface area contributed by atoms with Crippen LogP contribution in [-0.2, 0) is 14.6 Å². The predicted octanol–water partition coefficient (Wildman–Crippen LogP) is 8.07. The van der Waals surface area contributed by atoms with Gasteiger partial charge in [-0.05, 0) is 82.3 Å². The molecular weight excluding hydrogens is 488 g/mol. The van der Waals surface area contributed by atoms with Gasteiger partial charge in [-0.15, -0.1) is 0 Å². The fraction of sp³-hybridized carbons (Fsp3) is 0.176. The van der Waals surface area contributed by atoms with E-state index < -0.39 is 11.9 Å². The van der Waals surface area contributed by atoms with Crippen molar-refractivity contribution in [3.8, 4) is 5.75 Å². The minimum atomic E-state index is -1.20. The Balaban J connectivity index is 0.000000182. The van der Waals surface area contributed by atoms with Crippen LogP contribution in [0.3, 0.4) is 0 Å². The van der Waals surface area contributed by atoms with Crippen LogP contribution in [-0.4, -0.2) is 25.2 Å². The monoisotopic (exact) mass is 519 g/mol. The van der Waals surface area contributed by atoms with Crippen molar-refractivity contribution in [3.05, 3.63) is 115 Å². The predicted molar refractivity (Wildman–Crippen MR) is 156 cm³/mol. The van der Waals surface area contributed by atoms with E-state index in [1.165, 1.54) is 44.5 Å². The molecule has 0 unspecified atom stereocenters. The minimum Gasteiger partial charge on any atom is -0.494 e. The molecular formula is C34H31O5. The quantitative estimate of drug-likeness (QED) is 0.0809. The second-order valence-electron chi connectivity index (χ2n) is 9.08. The number of rotatable bonds is 10. The van der Waals surface area contributed by atoms with E-state index >= 15 is 0 Å². The Hall–Kier alpha value is -4.64. The lowest BCUT2D eigenvalue weighted by molar-refractivity contribution is -0.137. The molecule has 0 aliphatic carbocycles. The zero-order valence-corrected chi connectivity index (χ0v) is 21.8. The van der Waals surface area contributed by atoms with Crippen LogP contribution >= 0.6 is 0 Å². The fourth-order valence-electron chi connectivity index (χ4n) is 4.53. The molecule has 5 rings (SSSR count). The van der Waals surface area contributed by atoms with Gasteiger partial charge in [0.1, 0.15) is 5.75 Å². The summed E-state index contributed by atoms with van der Waals surface area (Å²) < 4.78 is 10.3. The summed E-state index contributed by atoms with van der Waals surface area (Å²) in [6.07, 6.45) is 4.79. The highest BCUT2D eigenvalue weighted by molar-refractivity contribution is 6.25. The second kappa shape index (κ2) is 13.8. The van der Waals surface area contributed by atoms with Gasteiger partial charge in [0, 0.05) is 6.08 Å². The first-order chi connectivity index (χ1) is 19.1. The van der Waals surface area contributed by atoms with Gasteiger partial charge < -0.3 is 9.47 Å². The summed E-state index contributed by atoms with van der Waals surface area (Å²) in [5, 5.41) is 18.6. The summed E-state index contributed by atoms with van der Waals surface area (Å²) in [4.78, 5) is 21.3. The highest BCUT2D eigenvalue weighted by atomic mass is 16.5. The SMILES string of the molecule is C=CC(=O)OCCCCCCOc1ccc(C([O])=O)cc1.c1ccc2c(c1)c1ccccc1c1ccccc21. The van der Waals surface area contributed by atoms with E-state index in [0.29, 0.717) is 19.0 Å². The first-order valence-electron chi connectivity index (χ1n) is 13.1. The van der Waals surface area contributed by atoms with Crippen molar-refractivity contribution in [2.45, 2.75) is 25.7 Å². The van der Waals surface area contributed by atoms with E-state index in [-0.39, 0.29) is 5.56 Å². The summed E-state index contributed by atoms with van der Waals surface area (Å²) in [7, 11) is 0. The molecule has 0 heterocycles. The van der Waals surface area contributed by atoms with Gasteiger partial charge in [0.05, 0.1) is 18.8 Å². The summed E-state index contributed by atoms with van der Waals surface area (Å²) in [5.74, 6) is -0.947. The zero-order chi connectivity index (χ0) is 27.5. The number of benzene rings is 5. The van der Waals surface area contributed by atoms with Gasteiger partial charge in [0.15, 0.2) is 0 Å². The van der Waals surface area contributed by atoms with Gasteiger partial charge in [0.2, 0.25) is 0 Å². The topological polar surface area (TPSA) is 72.5 Å². The van der Waals surface area contributed by atoms with Crippen molar-refractivity contribution in [2.24, 2.45) is 0 Å². The summed E-state index contributed by atoms with van der Waals surface area (Å²) >= 11 is 0. The average Bonchev–Trinajstić information content (AvgIpc) is 2.99. The number of hydrogen-bond acceptors (Lipinski definition) is 4. The molecule has 0 spiro atoms. The van der Waals surface area contributed by atoms with Crippen molar-refractivity contribution in [1.82, 2.24) is 0 Å². The fourth-order valence-corrected chi connectivity index (χ4v) is 4.53. The van der Waals surface area contributed by atoms with Gasteiger partial charge >= 0.3 is 11.9 Å². The van der Waals surface area contributed by atoms with E-state index in [9.17, 15) is 14.7 Å². The van der Waals surface area contributed by atoms with Crippen molar-refractivity contribution in [2.75, 3.05) is 13.2 Å². The third-order valence-corrected chi connectivity index (χ3v) is 6.46. The van der Waals surface area contributed by atoms with Crippen LogP contribution in [0.4, 0.5) is 0 Å². The molecule has 0 saturated heterocycles. The normalized spacial score (nSPS) is 10.6. The highest BCUT2D eigenvalue weighted by Crippen LogP contribution is 2.34. The molecule has 0 aliphatic rings. The van der Waals surface area contributed by atoms with Crippen LogP contribution in [0.1, 0.15) is 36.0 Å². The number of carbonyl (C=O) groups is 2. The number of esters is 1. The van der Waals surface area contributed by atoms with E-state index in [1.807, 2.05) is 0 Å². The molecule has 0 amide bonds. The van der Waals surface area contributed by atoms with Crippen LogP contribution in [0.25, 0.3) is 32.3 Å². The van der Waals surface area contributed by atoms with Crippen LogP contribution in [0.15, 0.2) is 110 Å². The van der Waals surface area contributed by atoms with E-state index in [1.54, 1.807) is 12.1 Å². The Bertz CT molecular complexity index is 1350. The standard InChI is InChI=1S/C18H12.C16H19O5/c1-2-8-14-13(7-1)15-9-3-4-11-17(15)18-12-6-5-10-16(14)18;1-2-15(17)21-12-6-4-3-5-11-20-14-9-7-13(8-10-14)16(18)19/h1-12H;2,7-10H,1,3-6,11-12H2. The van der Waals surface area contributed by atoms with Crippen molar-refractivity contribution in [1.29, 1.82) is 0 Å². The number of ether oxygens (including phenoxy) is 2. The lowest BCUT2D eigenvalue weighted by Gasteiger charge is -2.09. The van der Waals surface area contributed by atoms with E-state index in [2.05, 4.69) is 79.4 Å². The molecule has 197 valence electrons. The zero-order valence-electron chi connectivity index (χ0n) is 21.8. The van der Waals surface area contributed by atoms with Crippen molar-refractivity contribution >= 4 is 44.3 Å². The third-order valence-electron chi connectivity index (χ3n) is 6.46. The number of hydrogen-bond donors (Lipinski definition) is 0. The Morgan fingerprint density at radius 3 is 1.38 bits per heavy atom. The lowest BCUT2D eigenvalue weighted by atomic mass is 9.95. The molecule has 0 bridgehead atoms. The summed E-state index contributed by atoms with van der Waals surface area (Å²) in [5.41, 5.74) is 0.136. The molecule has 5 heteroatoms. The minimum absolute atomic E-state index is 0.136. The van der Waals surface area contributed by atoms with E-state index in [4.69, 9.17) is 9.47 Å². The van der Waals surface area contributed by atoms with Gasteiger partial charge in [-0.25, -0.2) is 14.7 Å². The largest absolute Gasteiger partial charge is 0.494 e. The number of unbranched alkanes of at least 4 members (excludes halogenated alkanes) is 3. The highest BCUT2D eigenvalue weighted by Gasteiger charge is 2.06. The van der Waals surface area contributed by atoms with Crippen LogP contribution in [0.5, 0.6) is 5.75 Å². The van der Waals surface area contributed by atoms with Crippen LogP contribution < -0.4 is 4.74 Å². The lowest BCUT2D eigenvalue weighted by Crippen LogP contribution is -2.02. The Kier molecular flexibility index (Phi) is 9.68. The van der Waals surface area contributed by atoms with Gasteiger partial charge in [-0.1, -0.05) is 79.4 Å². The van der Waals surface area contributed by atoms with Crippen molar-refractivity contribution in [3.63, 3.8) is 0 Å². The Morgan fingerprint density at radius 1 is 0.590 bits per heavy atom. The molecule has 0 atom stereocenters. The number of carbonyl (C=O) groups excluding carboxylic acids is 2. The van der Waals surface area contributed by atoms with Gasteiger partial charge in [0.25, 0.3) is 0 Å². The summed E-state index contributed by atoms with van der Waals surface area (Å²) in [6.45, 7) is 4.30. The average molecular weight is 520 g/mol.